The Morgan fingerprint density at radius 3 is 2.46 bits per heavy atom. The van der Waals surface area contributed by atoms with E-state index in [9.17, 15) is 4.79 Å². The van der Waals surface area contributed by atoms with E-state index >= 15 is 0 Å². The molecule has 0 aliphatic heterocycles. The van der Waals surface area contributed by atoms with Gasteiger partial charge in [-0.2, -0.15) is 0 Å². The van der Waals surface area contributed by atoms with Gasteiger partial charge in [0.25, 0.3) is 0 Å². The lowest BCUT2D eigenvalue weighted by atomic mass is 10.1. The number of benzene rings is 1. The number of carbonyl (C=O) groups is 1. The minimum atomic E-state index is -0.244. The molecule has 1 aromatic rings. The first-order chi connectivity index (χ1) is 10.8. The largest absolute Gasteiger partial charge is 0.496 e. The molecule has 0 radical (unpaired) electrons. The molecule has 0 aromatic heterocycles. The summed E-state index contributed by atoms with van der Waals surface area (Å²) in [7, 11) is 5.27. The highest BCUT2D eigenvalue weighted by Crippen LogP contribution is 2.18. The summed E-state index contributed by atoms with van der Waals surface area (Å²) in [5, 5.41) is 5.98. The molecule has 0 fully saturated rings. The Hall–Kier alpha value is -1.51. The molecule has 6 nitrogen and oxygen atoms in total. The summed E-state index contributed by atoms with van der Waals surface area (Å²) >= 11 is 0. The predicted octanol–water partition coefficient (Wildman–Crippen LogP) is 2.24. The highest BCUT2D eigenvalue weighted by Gasteiger charge is 2.15. The van der Waals surface area contributed by atoms with Crippen LogP contribution in [-0.4, -0.2) is 50.1 Å². The Balaban J connectivity index is 0.00000529. The van der Waals surface area contributed by atoms with Crippen LogP contribution in [0.15, 0.2) is 29.3 Å². The first kappa shape index (κ1) is 22.5. The van der Waals surface area contributed by atoms with Crippen LogP contribution in [0.2, 0.25) is 0 Å². The van der Waals surface area contributed by atoms with E-state index < -0.39 is 0 Å². The van der Waals surface area contributed by atoms with Crippen LogP contribution in [0, 0.1) is 0 Å². The summed E-state index contributed by atoms with van der Waals surface area (Å²) in [6.07, 6.45) is 0. The van der Waals surface area contributed by atoms with Crippen molar-refractivity contribution in [1.29, 1.82) is 0 Å². The number of nitrogens with zero attached hydrogens (tertiary/aromatic N) is 2. The maximum absolute atomic E-state index is 11.9. The summed E-state index contributed by atoms with van der Waals surface area (Å²) in [4.78, 5) is 18.1. The molecule has 0 saturated heterocycles. The van der Waals surface area contributed by atoms with E-state index in [0.717, 1.165) is 11.3 Å². The first-order valence-electron chi connectivity index (χ1n) is 7.61. The van der Waals surface area contributed by atoms with Gasteiger partial charge in [-0.3, -0.25) is 9.79 Å². The molecule has 0 aliphatic carbocycles. The van der Waals surface area contributed by atoms with Crippen molar-refractivity contribution in [2.75, 3.05) is 27.7 Å². The second-order valence-electron chi connectivity index (χ2n) is 6.37. The average molecular weight is 448 g/mol. The van der Waals surface area contributed by atoms with Gasteiger partial charge in [-0.15, -0.1) is 24.0 Å². The fourth-order valence-corrected chi connectivity index (χ4v) is 2.17. The lowest BCUT2D eigenvalue weighted by Gasteiger charge is -2.24. The SMILES string of the molecule is CN=C(NCC(=O)NC(C)(C)C)N(C)Cc1ccccc1OC.I. The summed E-state index contributed by atoms with van der Waals surface area (Å²) in [5.74, 6) is 1.42. The van der Waals surface area contributed by atoms with Gasteiger partial charge in [-0.1, -0.05) is 18.2 Å². The van der Waals surface area contributed by atoms with Crippen LogP contribution in [0.3, 0.4) is 0 Å². The average Bonchev–Trinajstić information content (AvgIpc) is 2.46. The van der Waals surface area contributed by atoms with E-state index in [4.69, 9.17) is 4.74 Å². The molecule has 0 spiro atoms. The maximum Gasteiger partial charge on any atom is 0.239 e. The van der Waals surface area contributed by atoms with Crippen LogP contribution in [0.4, 0.5) is 0 Å². The molecule has 24 heavy (non-hydrogen) atoms. The van der Waals surface area contributed by atoms with Crippen molar-refractivity contribution in [3.63, 3.8) is 0 Å². The van der Waals surface area contributed by atoms with Crippen LogP contribution in [0.5, 0.6) is 5.75 Å². The van der Waals surface area contributed by atoms with Gasteiger partial charge in [-0.05, 0) is 26.8 Å². The van der Waals surface area contributed by atoms with Crippen LogP contribution in [0.1, 0.15) is 26.3 Å². The zero-order valence-electron chi connectivity index (χ0n) is 15.3. The van der Waals surface area contributed by atoms with Gasteiger partial charge in [0.1, 0.15) is 5.75 Å². The number of para-hydroxylation sites is 1. The van der Waals surface area contributed by atoms with Crippen molar-refractivity contribution in [2.24, 2.45) is 4.99 Å². The molecule has 2 N–H and O–H groups in total. The van der Waals surface area contributed by atoms with Crippen molar-refractivity contribution in [3.8, 4) is 5.75 Å². The number of rotatable bonds is 5. The Morgan fingerprint density at radius 1 is 1.29 bits per heavy atom. The molecule has 7 heteroatoms. The molecule has 1 aromatic carbocycles. The summed E-state index contributed by atoms with van der Waals surface area (Å²) in [5.41, 5.74) is 0.811. The topological polar surface area (TPSA) is 66.0 Å². The molecule has 0 atom stereocenters. The number of nitrogens with one attached hydrogen (secondary N) is 2. The number of methoxy groups -OCH3 is 1. The normalized spacial score (nSPS) is 11.3. The van der Waals surface area contributed by atoms with Gasteiger partial charge < -0.3 is 20.3 Å². The van der Waals surface area contributed by atoms with E-state index in [1.165, 1.54) is 0 Å². The van der Waals surface area contributed by atoms with Gasteiger partial charge in [0, 0.05) is 31.7 Å². The lowest BCUT2D eigenvalue weighted by Crippen LogP contribution is -2.48. The Labute approximate surface area is 162 Å². The summed E-state index contributed by atoms with van der Waals surface area (Å²) < 4.78 is 5.36. The number of carbonyl (C=O) groups excluding carboxylic acids is 1. The van der Waals surface area contributed by atoms with Crippen LogP contribution in [0.25, 0.3) is 0 Å². The molecular weight excluding hydrogens is 419 g/mol. The third-order valence-corrected chi connectivity index (χ3v) is 3.09. The molecule has 0 heterocycles. The Kier molecular flexibility index (Phi) is 9.72. The maximum atomic E-state index is 11.9. The van der Waals surface area contributed by atoms with Gasteiger partial charge in [0.2, 0.25) is 5.91 Å². The van der Waals surface area contributed by atoms with Gasteiger partial charge in [0.05, 0.1) is 13.7 Å². The number of aliphatic imine (C=N–C) groups is 1. The van der Waals surface area contributed by atoms with Crippen LogP contribution in [-0.2, 0) is 11.3 Å². The molecule has 0 bridgehead atoms. The lowest BCUT2D eigenvalue weighted by molar-refractivity contribution is -0.121. The number of hydrogen-bond donors (Lipinski definition) is 2. The number of hydrogen-bond acceptors (Lipinski definition) is 3. The minimum absolute atomic E-state index is 0. The second kappa shape index (κ2) is 10.4. The number of ether oxygens (including phenoxy) is 1. The second-order valence-corrected chi connectivity index (χ2v) is 6.37. The molecular formula is C17H29IN4O2. The standard InChI is InChI=1S/C17H28N4O2.HI/c1-17(2,3)20-15(22)11-19-16(18-4)21(5)12-13-9-7-8-10-14(13)23-6;/h7-10H,11-12H2,1-6H3,(H,18,19)(H,20,22);1H. The highest BCUT2D eigenvalue weighted by molar-refractivity contribution is 14.0. The first-order valence-corrected chi connectivity index (χ1v) is 7.61. The molecule has 1 amide bonds. The smallest absolute Gasteiger partial charge is 0.239 e. The van der Waals surface area contributed by atoms with Gasteiger partial charge >= 0.3 is 0 Å². The summed E-state index contributed by atoms with van der Waals surface area (Å²) in [6.45, 7) is 6.67. The Bertz CT molecular complexity index is 556. The fraction of sp³-hybridized carbons (Fsp3) is 0.529. The van der Waals surface area contributed by atoms with Crippen molar-refractivity contribution in [2.45, 2.75) is 32.9 Å². The molecule has 0 saturated carbocycles. The van der Waals surface area contributed by atoms with E-state index in [1.807, 2.05) is 57.0 Å². The van der Waals surface area contributed by atoms with E-state index in [0.29, 0.717) is 12.5 Å². The number of halogens is 1. The zero-order chi connectivity index (χ0) is 17.5. The molecule has 136 valence electrons. The third kappa shape index (κ3) is 7.85. The quantitative estimate of drug-likeness (QED) is 0.412. The van der Waals surface area contributed by atoms with Gasteiger partial charge in [-0.25, -0.2) is 0 Å². The fourth-order valence-electron chi connectivity index (χ4n) is 2.17. The molecule has 0 unspecified atom stereocenters. The molecule has 0 aliphatic rings. The van der Waals surface area contributed by atoms with Crippen molar-refractivity contribution in [3.05, 3.63) is 29.8 Å². The van der Waals surface area contributed by atoms with Crippen LogP contribution >= 0.6 is 24.0 Å². The predicted molar refractivity (Wildman–Crippen MR) is 109 cm³/mol. The highest BCUT2D eigenvalue weighted by atomic mass is 127. The summed E-state index contributed by atoms with van der Waals surface area (Å²) in [6, 6.07) is 7.84. The number of guanidine groups is 1. The molecule has 1 rings (SSSR count). The van der Waals surface area contributed by atoms with E-state index in [-0.39, 0.29) is 42.0 Å². The van der Waals surface area contributed by atoms with Crippen molar-refractivity contribution < 1.29 is 9.53 Å². The third-order valence-electron chi connectivity index (χ3n) is 3.09. The number of amides is 1. The van der Waals surface area contributed by atoms with E-state index in [1.54, 1.807) is 14.2 Å². The zero-order valence-corrected chi connectivity index (χ0v) is 17.7. The Morgan fingerprint density at radius 2 is 1.92 bits per heavy atom. The van der Waals surface area contributed by atoms with Gasteiger partial charge in [0.15, 0.2) is 5.96 Å². The van der Waals surface area contributed by atoms with Crippen molar-refractivity contribution in [1.82, 2.24) is 15.5 Å². The van der Waals surface area contributed by atoms with Crippen molar-refractivity contribution >= 4 is 35.8 Å². The monoisotopic (exact) mass is 448 g/mol. The van der Waals surface area contributed by atoms with Crippen LogP contribution < -0.4 is 15.4 Å². The van der Waals surface area contributed by atoms with E-state index in [2.05, 4.69) is 15.6 Å². The minimum Gasteiger partial charge on any atom is -0.496 e.